The van der Waals surface area contributed by atoms with E-state index in [2.05, 4.69) is 21.2 Å². The number of hydrogen-bond acceptors (Lipinski definition) is 2. The Morgan fingerprint density at radius 1 is 1.43 bits per heavy atom. The lowest BCUT2D eigenvalue weighted by atomic mass is 10.2. The highest BCUT2D eigenvalue weighted by Gasteiger charge is 2.08. The van der Waals surface area contributed by atoms with Crippen LogP contribution in [0.25, 0.3) is 0 Å². The second-order valence-electron chi connectivity index (χ2n) is 2.93. The van der Waals surface area contributed by atoms with Gasteiger partial charge in [-0.1, -0.05) is 34.1 Å². The quantitative estimate of drug-likeness (QED) is 0.808. The maximum atomic E-state index is 11.3. The second-order valence-corrected chi connectivity index (χ2v) is 3.57. The zero-order valence-electron chi connectivity index (χ0n) is 7.61. The van der Waals surface area contributed by atoms with Crippen LogP contribution >= 0.6 is 15.9 Å². The van der Waals surface area contributed by atoms with Crippen molar-refractivity contribution in [1.29, 1.82) is 0 Å². The van der Waals surface area contributed by atoms with Gasteiger partial charge >= 0.3 is 0 Å². The van der Waals surface area contributed by atoms with Crippen molar-refractivity contribution in [2.24, 2.45) is 0 Å². The van der Waals surface area contributed by atoms with Gasteiger partial charge in [0.15, 0.2) is 0 Å². The molecule has 1 aromatic rings. The molecular weight excluding hydrogens is 246 g/mol. The number of amides is 1. The zero-order valence-corrected chi connectivity index (χ0v) is 9.20. The van der Waals surface area contributed by atoms with E-state index in [0.717, 1.165) is 5.69 Å². The van der Waals surface area contributed by atoms with Crippen molar-refractivity contribution in [3.05, 3.63) is 30.3 Å². The van der Waals surface area contributed by atoms with E-state index in [1.165, 1.54) is 0 Å². The van der Waals surface area contributed by atoms with Crippen LogP contribution in [0.15, 0.2) is 30.3 Å². The lowest BCUT2D eigenvalue weighted by Gasteiger charge is -2.07. The first-order valence-corrected chi connectivity index (χ1v) is 5.43. The van der Waals surface area contributed by atoms with Gasteiger partial charge in [0.1, 0.15) is 0 Å². The van der Waals surface area contributed by atoms with Crippen molar-refractivity contribution in [3.8, 4) is 0 Å². The van der Waals surface area contributed by atoms with Crippen molar-refractivity contribution >= 4 is 27.5 Å². The first-order chi connectivity index (χ1) is 6.72. The number of nitrogens with one attached hydrogen (secondary N) is 1. The number of halogens is 1. The van der Waals surface area contributed by atoms with Gasteiger partial charge in [-0.2, -0.15) is 0 Å². The molecular formula is C10H12BrNO2. The van der Waals surface area contributed by atoms with Crippen LogP contribution in [0.1, 0.15) is 6.42 Å². The number of benzene rings is 1. The van der Waals surface area contributed by atoms with E-state index in [1.807, 2.05) is 18.2 Å². The number of hydrogen-bond donors (Lipinski definition) is 2. The smallest absolute Gasteiger partial charge is 0.227 e. The molecule has 0 bridgehead atoms. The van der Waals surface area contributed by atoms with Crippen LogP contribution in [0.3, 0.4) is 0 Å². The molecule has 3 nitrogen and oxygen atoms in total. The Morgan fingerprint density at radius 3 is 2.64 bits per heavy atom. The number of aliphatic hydroxyl groups excluding tert-OH is 1. The highest BCUT2D eigenvalue weighted by Crippen LogP contribution is 2.06. The maximum absolute atomic E-state index is 11.3. The van der Waals surface area contributed by atoms with Crippen LogP contribution in [0.4, 0.5) is 5.69 Å². The molecule has 2 N–H and O–H groups in total. The Labute approximate surface area is 91.3 Å². The summed E-state index contributed by atoms with van der Waals surface area (Å²) in [6.07, 6.45) is -0.515. The summed E-state index contributed by atoms with van der Waals surface area (Å²) in [5, 5.41) is 12.3. The zero-order chi connectivity index (χ0) is 10.4. The highest BCUT2D eigenvalue weighted by atomic mass is 79.9. The lowest BCUT2D eigenvalue weighted by Crippen LogP contribution is -2.20. The topological polar surface area (TPSA) is 49.3 Å². The predicted octanol–water partition coefficient (Wildman–Crippen LogP) is 1.77. The molecule has 1 unspecified atom stereocenters. The number of alkyl halides is 1. The summed E-state index contributed by atoms with van der Waals surface area (Å²) in [5.41, 5.74) is 0.749. The molecule has 1 rings (SSSR count). The van der Waals surface area contributed by atoms with Crippen LogP contribution in [0, 0.1) is 0 Å². The van der Waals surface area contributed by atoms with E-state index >= 15 is 0 Å². The monoisotopic (exact) mass is 257 g/mol. The summed E-state index contributed by atoms with van der Waals surface area (Å²) in [7, 11) is 0. The minimum atomic E-state index is -0.626. The molecule has 4 heteroatoms. The van der Waals surface area contributed by atoms with Gasteiger partial charge in [0, 0.05) is 11.0 Å². The lowest BCUT2D eigenvalue weighted by molar-refractivity contribution is -0.117. The van der Waals surface area contributed by atoms with Crippen LogP contribution in [-0.2, 0) is 4.79 Å². The van der Waals surface area contributed by atoms with Gasteiger partial charge in [0.2, 0.25) is 5.91 Å². The van der Waals surface area contributed by atoms with Gasteiger partial charge in [-0.3, -0.25) is 4.79 Å². The minimum absolute atomic E-state index is 0.111. The molecule has 1 aromatic carbocycles. The summed E-state index contributed by atoms with van der Waals surface area (Å²) in [6, 6.07) is 9.17. The average molecular weight is 258 g/mol. The third-order valence-electron chi connectivity index (χ3n) is 1.66. The summed E-state index contributed by atoms with van der Waals surface area (Å²) in [4.78, 5) is 11.3. The van der Waals surface area contributed by atoms with Gasteiger partial charge in [-0.15, -0.1) is 0 Å². The van der Waals surface area contributed by atoms with Crippen molar-refractivity contribution in [2.45, 2.75) is 12.5 Å². The van der Waals surface area contributed by atoms with Gasteiger partial charge in [0.05, 0.1) is 12.5 Å². The number of carbonyl (C=O) groups is 1. The molecule has 1 atom stereocenters. The number of para-hydroxylation sites is 1. The Hall–Kier alpha value is -0.870. The minimum Gasteiger partial charge on any atom is -0.392 e. The van der Waals surface area contributed by atoms with E-state index in [9.17, 15) is 9.90 Å². The van der Waals surface area contributed by atoms with E-state index in [0.29, 0.717) is 5.33 Å². The Balaban J connectivity index is 2.42. The van der Waals surface area contributed by atoms with E-state index in [4.69, 9.17) is 0 Å². The summed E-state index contributed by atoms with van der Waals surface area (Å²) >= 11 is 3.10. The van der Waals surface area contributed by atoms with Crippen LogP contribution in [0.5, 0.6) is 0 Å². The molecule has 0 radical (unpaired) electrons. The first-order valence-electron chi connectivity index (χ1n) is 4.31. The van der Waals surface area contributed by atoms with Crippen molar-refractivity contribution < 1.29 is 9.90 Å². The fourth-order valence-corrected chi connectivity index (χ4v) is 1.23. The van der Waals surface area contributed by atoms with Crippen molar-refractivity contribution in [3.63, 3.8) is 0 Å². The molecule has 0 aliphatic rings. The maximum Gasteiger partial charge on any atom is 0.227 e. The highest BCUT2D eigenvalue weighted by molar-refractivity contribution is 9.09. The summed E-state index contributed by atoms with van der Waals surface area (Å²) in [6.45, 7) is 0. The average Bonchev–Trinajstić information content (AvgIpc) is 2.19. The Kier molecular flexibility index (Phi) is 4.62. The number of rotatable bonds is 4. The number of anilines is 1. The van der Waals surface area contributed by atoms with Gasteiger partial charge in [-0.05, 0) is 12.1 Å². The first kappa shape index (κ1) is 11.2. The molecule has 0 aliphatic heterocycles. The van der Waals surface area contributed by atoms with Crippen LogP contribution in [-0.4, -0.2) is 22.4 Å². The molecule has 0 saturated carbocycles. The van der Waals surface area contributed by atoms with E-state index < -0.39 is 6.10 Å². The number of carbonyl (C=O) groups excluding carboxylic acids is 1. The summed E-state index contributed by atoms with van der Waals surface area (Å²) in [5.74, 6) is -0.178. The van der Waals surface area contributed by atoms with Crippen molar-refractivity contribution in [2.75, 3.05) is 10.6 Å². The third kappa shape index (κ3) is 3.89. The van der Waals surface area contributed by atoms with Crippen LogP contribution in [0.2, 0.25) is 0 Å². The van der Waals surface area contributed by atoms with Gasteiger partial charge in [0.25, 0.3) is 0 Å². The van der Waals surface area contributed by atoms with Crippen LogP contribution < -0.4 is 5.32 Å². The standard InChI is InChI=1S/C10H12BrNO2/c11-7-9(13)6-10(14)12-8-4-2-1-3-5-8/h1-5,9,13H,6-7H2,(H,12,14). The number of aliphatic hydroxyl groups is 1. The molecule has 0 saturated heterocycles. The fourth-order valence-electron chi connectivity index (χ4n) is 1.00. The molecule has 0 aromatic heterocycles. The Morgan fingerprint density at radius 2 is 2.07 bits per heavy atom. The largest absolute Gasteiger partial charge is 0.392 e. The predicted molar refractivity (Wildman–Crippen MR) is 59.5 cm³/mol. The van der Waals surface area contributed by atoms with E-state index in [-0.39, 0.29) is 12.3 Å². The molecule has 0 fully saturated rings. The second kappa shape index (κ2) is 5.78. The molecule has 76 valence electrons. The van der Waals surface area contributed by atoms with Gasteiger partial charge < -0.3 is 10.4 Å². The Bertz CT molecular complexity index is 289. The molecule has 0 spiro atoms. The molecule has 0 heterocycles. The normalized spacial score (nSPS) is 12.1. The van der Waals surface area contributed by atoms with Gasteiger partial charge in [-0.25, -0.2) is 0 Å². The third-order valence-corrected chi connectivity index (χ3v) is 2.40. The summed E-state index contributed by atoms with van der Waals surface area (Å²) < 4.78 is 0. The fraction of sp³-hybridized carbons (Fsp3) is 0.300. The SMILES string of the molecule is O=C(CC(O)CBr)Nc1ccccc1. The molecule has 1 amide bonds. The van der Waals surface area contributed by atoms with E-state index in [1.54, 1.807) is 12.1 Å². The molecule has 14 heavy (non-hydrogen) atoms. The van der Waals surface area contributed by atoms with Crippen molar-refractivity contribution in [1.82, 2.24) is 0 Å². The molecule has 0 aliphatic carbocycles.